The van der Waals surface area contributed by atoms with E-state index < -0.39 is 17.6 Å². The Morgan fingerprint density at radius 3 is 2.25 bits per heavy atom. The van der Waals surface area contributed by atoms with Crippen molar-refractivity contribution in [1.29, 1.82) is 0 Å². The number of nitrogens with zero attached hydrogens (tertiary/aromatic N) is 1. The van der Waals surface area contributed by atoms with E-state index in [-0.39, 0.29) is 12.1 Å². The fraction of sp³-hybridized carbons (Fsp3) is 0.273. The van der Waals surface area contributed by atoms with Crippen molar-refractivity contribution in [3.63, 3.8) is 0 Å². The van der Waals surface area contributed by atoms with Gasteiger partial charge >= 0.3 is 0 Å². The molecule has 0 saturated heterocycles. The number of aliphatic hydroxyl groups is 1. The van der Waals surface area contributed by atoms with Crippen molar-refractivity contribution in [2.75, 3.05) is 20.8 Å². The van der Waals surface area contributed by atoms with Gasteiger partial charge in [-0.15, -0.1) is 0 Å². The summed E-state index contributed by atoms with van der Waals surface area (Å²) in [7, 11) is 3.11. The average molecular weight is 381 g/mol. The maximum Gasteiger partial charge on any atom is 0.296 e. The normalized spacial score (nSPS) is 14.1. The molecule has 6 heteroatoms. The highest BCUT2D eigenvalue weighted by atomic mass is 16.5. The summed E-state index contributed by atoms with van der Waals surface area (Å²) in [5.74, 6) is -0.461. The molecule has 0 aromatic heterocycles. The Hall–Kier alpha value is -3.28. The van der Waals surface area contributed by atoms with Gasteiger partial charge in [-0.1, -0.05) is 24.3 Å². The molecule has 1 N–H and O–H groups in total. The molecule has 0 fully saturated rings. The molecule has 0 spiro atoms. The lowest BCUT2D eigenvalue weighted by Crippen LogP contribution is -2.33. The molecule has 2 amide bonds. The van der Waals surface area contributed by atoms with Crippen LogP contribution < -0.4 is 9.47 Å². The van der Waals surface area contributed by atoms with E-state index in [9.17, 15) is 14.7 Å². The van der Waals surface area contributed by atoms with Crippen LogP contribution in [0.4, 0.5) is 0 Å². The molecule has 0 saturated carbocycles. The molecule has 6 nitrogen and oxygen atoms in total. The second-order valence-corrected chi connectivity index (χ2v) is 6.72. The minimum atomic E-state index is -0.668. The number of benzene rings is 2. The highest BCUT2D eigenvalue weighted by Gasteiger charge is 2.38. The van der Waals surface area contributed by atoms with Gasteiger partial charge in [-0.2, -0.15) is 0 Å². The number of amides is 2. The maximum atomic E-state index is 12.8. The topological polar surface area (TPSA) is 76.1 Å². The lowest BCUT2D eigenvalue weighted by Gasteiger charge is -2.15. The molecule has 2 aromatic carbocycles. The minimum Gasteiger partial charge on any atom is -0.502 e. The van der Waals surface area contributed by atoms with E-state index in [1.165, 1.54) is 0 Å². The summed E-state index contributed by atoms with van der Waals surface area (Å²) in [4.78, 5) is 26.3. The maximum absolute atomic E-state index is 12.8. The highest BCUT2D eigenvalue weighted by molar-refractivity contribution is 6.34. The fourth-order valence-electron chi connectivity index (χ4n) is 3.20. The van der Waals surface area contributed by atoms with Crippen LogP contribution in [-0.2, 0) is 16.0 Å². The molecule has 1 aliphatic rings. The third-order valence-electron chi connectivity index (χ3n) is 5.01. The number of aliphatic hydroxyl groups excluding tert-OH is 1. The van der Waals surface area contributed by atoms with Crippen LogP contribution in [0.25, 0.3) is 5.57 Å². The zero-order valence-corrected chi connectivity index (χ0v) is 16.4. The predicted molar refractivity (Wildman–Crippen MR) is 105 cm³/mol. The molecule has 1 heterocycles. The number of hydrogen-bond donors (Lipinski definition) is 1. The lowest BCUT2D eigenvalue weighted by molar-refractivity contribution is -0.138. The molecule has 28 heavy (non-hydrogen) atoms. The third kappa shape index (κ3) is 3.45. The van der Waals surface area contributed by atoms with Gasteiger partial charge in [-0.25, -0.2) is 0 Å². The van der Waals surface area contributed by atoms with Crippen LogP contribution in [-0.4, -0.2) is 42.6 Å². The van der Waals surface area contributed by atoms with E-state index in [1.807, 2.05) is 32.0 Å². The van der Waals surface area contributed by atoms with Gasteiger partial charge in [0.2, 0.25) is 0 Å². The molecular formula is C22H23NO5. The number of carbonyl (C=O) groups is 2. The van der Waals surface area contributed by atoms with Crippen LogP contribution >= 0.6 is 0 Å². The van der Waals surface area contributed by atoms with Gasteiger partial charge in [0.15, 0.2) is 17.3 Å². The summed E-state index contributed by atoms with van der Waals surface area (Å²) in [6, 6.07) is 10.9. The first kappa shape index (κ1) is 19.5. The molecule has 0 bridgehead atoms. The van der Waals surface area contributed by atoms with E-state index in [4.69, 9.17) is 9.47 Å². The van der Waals surface area contributed by atoms with Crippen molar-refractivity contribution in [3.8, 4) is 11.5 Å². The van der Waals surface area contributed by atoms with Gasteiger partial charge in [0, 0.05) is 6.54 Å². The van der Waals surface area contributed by atoms with Gasteiger partial charge in [0.05, 0.1) is 19.8 Å². The number of methoxy groups -OCH3 is 2. The largest absolute Gasteiger partial charge is 0.502 e. The van der Waals surface area contributed by atoms with Gasteiger partial charge in [0.25, 0.3) is 11.8 Å². The number of ether oxygens (including phenoxy) is 2. The molecule has 2 aromatic rings. The van der Waals surface area contributed by atoms with E-state index in [2.05, 4.69) is 0 Å². The average Bonchev–Trinajstić information content (AvgIpc) is 2.90. The Morgan fingerprint density at radius 1 is 0.893 bits per heavy atom. The zero-order valence-electron chi connectivity index (χ0n) is 16.4. The van der Waals surface area contributed by atoms with Crippen LogP contribution in [0.3, 0.4) is 0 Å². The van der Waals surface area contributed by atoms with Crippen molar-refractivity contribution in [2.45, 2.75) is 20.3 Å². The SMILES string of the molecule is COc1ccc(CCN2C(=O)C(O)=C(c3ccc(C)c(C)c3)C2=O)cc1OC. The van der Waals surface area contributed by atoms with Crippen LogP contribution in [0.2, 0.25) is 0 Å². The number of imide groups is 1. The Bertz CT molecular complexity index is 977. The van der Waals surface area contributed by atoms with Crippen LogP contribution in [0.5, 0.6) is 11.5 Å². The minimum absolute atomic E-state index is 0.0559. The first-order valence-electron chi connectivity index (χ1n) is 8.95. The Balaban J connectivity index is 1.79. The second-order valence-electron chi connectivity index (χ2n) is 6.72. The second kappa shape index (κ2) is 7.76. The van der Waals surface area contributed by atoms with Gasteiger partial charge in [-0.3, -0.25) is 14.5 Å². The standard InChI is InChI=1S/C22H23NO5/c1-13-5-7-16(11-14(13)2)19-20(24)22(26)23(21(19)25)10-9-15-6-8-17(27-3)18(12-15)28-4/h5-8,11-12,24H,9-10H2,1-4H3. The third-order valence-corrected chi connectivity index (χ3v) is 5.01. The van der Waals surface area contributed by atoms with E-state index in [0.29, 0.717) is 23.5 Å². The van der Waals surface area contributed by atoms with Crippen LogP contribution in [0.1, 0.15) is 22.3 Å². The molecule has 0 aliphatic carbocycles. The van der Waals surface area contributed by atoms with Crippen molar-refractivity contribution < 1.29 is 24.2 Å². The van der Waals surface area contributed by atoms with Crippen molar-refractivity contribution in [3.05, 3.63) is 64.4 Å². The summed E-state index contributed by atoms with van der Waals surface area (Å²) in [5, 5.41) is 10.3. The summed E-state index contributed by atoms with van der Waals surface area (Å²) >= 11 is 0. The molecule has 1 aliphatic heterocycles. The van der Waals surface area contributed by atoms with E-state index in [1.54, 1.807) is 32.4 Å². The number of carbonyl (C=O) groups excluding carboxylic acids is 2. The molecule has 3 rings (SSSR count). The van der Waals surface area contributed by atoms with Gasteiger partial charge in [0.1, 0.15) is 0 Å². The Morgan fingerprint density at radius 2 is 1.61 bits per heavy atom. The Labute approximate surface area is 164 Å². The Kier molecular flexibility index (Phi) is 5.40. The number of aryl methyl sites for hydroxylation is 2. The first-order valence-corrected chi connectivity index (χ1v) is 8.95. The summed E-state index contributed by atoms with van der Waals surface area (Å²) in [6.07, 6.45) is 0.436. The molecule has 146 valence electrons. The van der Waals surface area contributed by atoms with Crippen LogP contribution in [0.15, 0.2) is 42.2 Å². The highest BCUT2D eigenvalue weighted by Crippen LogP contribution is 2.30. The predicted octanol–water partition coefficient (Wildman–Crippen LogP) is 3.20. The van der Waals surface area contributed by atoms with Gasteiger partial charge in [-0.05, 0) is 54.7 Å². The van der Waals surface area contributed by atoms with Crippen molar-refractivity contribution in [1.82, 2.24) is 4.90 Å². The lowest BCUT2D eigenvalue weighted by atomic mass is 10.00. The zero-order chi connectivity index (χ0) is 20.4. The molecule has 0 unspecified atom stereocenters. The monoisotopic (exact) mass is 381 g/mol. The quantitative estimate of drug-likeness (QED) is 0.778. The first-order chi connectivity index (χ1) is 13.4. The van der Waals surface area contributed by atoms with Gasteiger partial charge < -0.3 is 14.6 Å². The van der Waals surface area contributed by atoms with Crippen LogP contribution in [0, 0.1) is 13.8 Å². The van der Waals surface area contributed by atoms with Crippen molar-refractivity contribution in [2.24, 2.45) is 0 Å². The molecule has 0 radical (unpaired) electrons. The smallest absolute Gasteiger partial charge is 0.296 e. The fourth-order valence-corrected chi connectivity index (χ4v) is 3.20. The van der Waals surface area contributed by atoms with E-state index >= 15 is 0 Å². The number of hydrogen-bond acceptors (Lipinski definition) is 5. The summed E-state index contributed by atoms with van der Waals surface area (Å²) < 4.78 is 10.5. The van der Waals surface area contributed by atoms with E-state index in [0.717, 1.165) is 21.6 Å². The summed E-state index contributed by atoms with van der Waals surface area (Å²) in [5.41, 5.74) is 3.55. The summed E-state index contributed by atoms with van der Waals surface area (Å²) in [6.45, 7) is 4.04. The molecule has 0 atom stereocenters. The van der Waals surface area contributed by atoms with Crippen molar-refractivity contribution >= 4 is 17.4 Å². The molecular weight excluding hydrogens is 358 g/mol. The number of rotatable bonds is 6.